The smallest absolute Gasteiger partial charge is 0.132 e. The monoisotopic (exact) mass is 263 g/mol. The van der Waals surface area contributed by atoms with Crippen molar-refractivity contribution in [3.8, 4) is 11.3 Å². The Hall–Kier alpha value is -1.48. The molecule has 96 valence electrons. The summed E-state index contributed by atoms with van der Waals surface area (Å²) >= 11 is 6.21. The number of anilines is 1. The Kier molecular flexibility index (Phi) is 3.62. The molecule has 0 unspecified atom stereocenters. The molecule has 2 aromatic rings. The lowest BCUT2D eigenvalue weighted by molar-refractivity contribution is 0.579. The van der Waals surface area contributed by atoms with Gasteiger partial charge in [0.15, 0.2) is 0 Å². The Morgan fingerprint density at radius 3 is 2.50 bits per heavy atom. The van der Waals surface area contributed by atoms with Gasteiger partial charge in [-0.25, -0.2) is 4.98 Å². The maximum absolute atomic E-state index is 6.22. The number of hydrogen-bond acceptors (Lipinski definition) is 2. The van der Waals surface area contributed by atoms with Gasteiger partial charge in [0.25, 0.3) is 0 Å². The second kappa shape index (κ2) is 5.02. The van der Waals surface area contributed by atoms with Crippen LogP contribution in [0.1, 0.15) is 32.6 Å². The summed E-state index contributed by atoms with van der Waals surface area (Å²) in [6.45, 7) is 6.29. The summed E-state index contributed by atoms with van der Waals surface area (Å²) < 4.78 is 2.07. The number of nitrogen functional groups attached to an aromatic ring is 1. The SMILES string of the molecule is CCc1nc(-c2ccccc2Cl)c(N)n1C(C)C. The highest BCUT2D eigenvalue weighted by Gasteiger charge is 2.18. The molecule has 3 nitrogen and oxygen atoms in total. The molecule has 0 aliphatic heterocycles. The van der Waals surface area contributed by atoms with Gasteiger partial charge in [-0.2, -0.15) is 0 Å². The summed E-state index contributed by atoms with van der Waals surface area (Å²) in [6, 6.07) is 7.95. The quantitative estimate of drug-likeness (QED) is 0.912. The Balaban J connectivity index is 2.63. The molecule has 0 fully saturated rings. The zero-order valence-electron chi connectivity index (χ0n) is 10.9. The van der Waals surface area contributed by atoms with E-state index < -0.39 is 0 Å². The maximum Gasteiger partial charge on any atom is 0.132 e. The van der Waals surface area contributed by atoms with Gasteiger partial charge in [0.05, 0.1) is 5.02 Å². The summed E-state index contributed by atoms with van der Waals surface area (Å²) in [5.41, 5.74) is 7.90. The van der Waals surface area contributed by atoms with Gasteiger partial charge in [-0.15, -0.1) is 0 Å². The molecule has 0 saturated carbocycles. The summed E-state index contributed by atoms with van der Waals surface area (Å²) in [5, 5.41) is 0.681. The minimum Gasteiger partial charge on any atom is -0.383 e. The first-order chi connectivity index (χ1) is 8.56. The summed E-state index contributed by atoms with van der Waals surface area (Å²) in [4.78, 5) is 4.63. The molecule has 2 N–H and O–H groups in total. The molecule has 0 amide bonds. The largest absolute Gasteiger partial charge is 0.383 e. The molecule has 0 atom stereocenters. The molecule has 1 aromatic heterocycles. The van der Waals surface area contributed by atoms with Crippen LogP contribution in [0.15, 0.2) is 24.3 Å². The first-order valence-corrected chi connectivity index (χ1v) is 6.55. The first kappa shape index (κ1) is 13.0. The van der Waals surface area contributed by atoms with E-state index in [1.165, 1.54) is 0 Å². The Morgan fingerprint density at radius 2 is 2.00 bits per heavy atom. The number of nitrogens with two attached hydrogens (primary N) is 1. The lowest BCUT2D eigenvalue weighted by Gasteiger charge is -2.12. The third-order valence-corrected chi connectivity index (χ3v) is 3.31. The van der Waals surface area contributed by atoms with Crippen LogP contribution in [0, 0.1) is 0 Å². The second-order valence-corrected chi connectivity index (χ2v) is 4.97. The molecule has 18 heavy (non-hydrogen) atoms. The van der Waals surface area contributed by atoms with Crippen molar-refractivity contribution >= 4 is 17.4 Å². The van der Waals surface area contributed by atoms with Crippen molar-refractivity contribution < 1.29 is 0 Å². The number of rotatable bonds is 3. The highest BCUT2D eigenvalue weighted by atomic mass is 35.5. The molecule has 0 aliphatic carbocycles. The van der Waals surface area contributed by atoms with E-state index in [4.69, 9.17) is 17.3 Å². The second-order valence-electron chi connectivity index (χ2n) is 4.56. The Bertz CT molecular complexity index is 558. The third kappa shape index (κ3) is 2.10. The normalized spacial score (nSPS) is 11.2. The van der Waals surface area contributed by atoms with Gasteiger partial charge in [-0.3, -0.25) is 0 Å². The minimum absolute atomic E-state index is 0.295. The van der Waals surface area contributed by atoms with E-state index in [9.17, 15) is 0 Å². The molecular formula is C14H18ClN3. The van der Waals surface area contributed by atoms with E-state index in [2.05, 4.69) is 30.3 Å². The molecule has 0 saturated heterocycles. The van der Waals surface area contributed by atoms with Crippen LogP contribution in [0.3, 0.4) is 0 Å². The molecule has 1 heterocycles. The zero-order chi connectivity index (χ0) is 13.3. The molecule has 0 bridgehead atoms. The third-order valence-electron chi connectivity index (χ3n) is 2.98. The van der Waals surface area contributed by atoms with E-state index >= 15 is 0 Å². The number of halogens is 1. The summed E-state index contributed by atoms with van der Waals surface area (Å²) in [7, 11) is 0. The lowest BCUT2D eigenvalue weighted by Crippen LogP contribution is -2.08. The van der Waals surface area contributed by atoms with Gasteiger partial charge in [-0.1, -0.05) is 36.7 Å². The van der Waals surface area contributed by atoms with E-state index in [1.807, 2.05) is 24.3 Å². The van der Waals surface area contributed by atoms with Crippen LogP contribution in [0.4, 0.5) is 5.82 Å². The zero-order valence-corrected chi connectivity index (χ0v) is 11.7. The van der Waals surface area contributed by atoms with Crippen molar-refractivity contribution in [1.29, 1.82) is 0 Å². The fraction of sp³-hybridized carbons (Fsp3) is 0.357. The van der Waals surface area contributed by atoms with E-state index in [1.54, 1.807) is 0 Å². The predicted molar refractivity (Wildman–Crippen MR) is 76.8 cm³/mol. The predicted octanol–water partition coefficient (Wildman–Crippen LogP) is 3.93. The van der Waals surface area contributed by atoms with Gasteiger partial charge >= 0.3 is 0 Å². The number of hydrogen-bond donors (Lipinski definition) is 1. The fourth-order valence-corrected chi connectivity index (χ4v) is 2.40. The van der Waals surface area contributed by atoms with Gasteiger partial charge in [-0.05, 0) is 19.9 Å². The lowest BCUT2D eigenvalue weighted by atomic mass is 10.1. The van der Waals surface area contributed by atoms with E-state index in [0.29, 0.717) is 16.9 Å². The molecular weight excluding hydrogens is 246 g/mol. The van der Waals surface area contributed by atoms with Crippen LogP contribution >= 0.6 is 11.6 Å². The highest BCUT2D eigenvalue weighted by Crippen LogP contribution is 2.33. The fourth-order valence-electron chi connectivity index (χ4n) is 2.17. The number of nitrogens with zero attached hydrogens (tertiary/aromatic N) is 2. The maximum atomic E-state index is 6.22. The molecule has 2 rings (SSSR count). The molecule has 4 heteroatoms. The van der Waals surface area contributed by atoms with Gasteiger partial charge in [0, 0.05) is 18.0 Å². The topological polar surface area (TPSA) is 43.8 Å². The van der Waals surface area contributed by atoms with Crippen LogP contribution < -0.4 is 5.73 Å². The van der Waals surface area contributed by atoms with Gasteiger partial charge in [0.1, 0.15) is 17.3 Å². The van der Waals surface area contributed by atoms with Crippen molar-refractivity contribution in [3.05, 3.63) is 35.1 Å². The Labute approximate surface area is 113 Å². The molecule has 0 radical (unpaired) electrons. The number of aryl methyl sites for hydroxylation is 1. The summed E-state index contributed by atoms with van der Waals surface area (Å²) in [6.07, 6.45) is 0.854. The standard InChI is InChI=1S/C14H18ClN3/c1-4-12-17-13(14(16)18(12)9(2)3)10-7-5-6-8-11(10)15/h5-9H,4,16H2,1-3H3. The van der Waals surface area contributed by atoms with Crippen LogP contribution in [0.2, 0.25) is 5.02 Å². The van der Waals surface area contributed by atoms with Crippen LogP contribution in [-0.4, -0.2) is 9.55 Å². The van der Waals surface area contributed by atoms with Crippen molar-refractivity contribution in [2.75, 3.05) is 5.73 Å². The average molecular weight is 264 g/mol. The van der Waals surface area contributed by atoms with Crippen molar-refractivity contribution in [1.82, 2.24) is 9.55 Å². The molecule has 1 aromatic carbocycles. The average Bonchev–Trinajstić information content (AvgIpc) is 2.67. The molecule has 0 aliphatic rings. The summed E-state index contributed by atoms with van der Waals surface area (Å²) in [5.74, 6) is 1.69. The first-order valence-electron chi connectivity index (χ1n) is 6.17. The van der Waals surface area contributed by atoms with Crippen LogP contribution in [0.5, 0.6) is 0 Å². The van der Waals surface area contributed by atoms with Crippen molar-refractivity contribution in [2.45, 2.75) is 33.2 Å². The number of benzene rings is 1. The van der Waals surface area contributed by atoms with Crippen molar-refractivity contribution in [2.24, 2.45) is 0 Å². The van der Waals surface area contributed by atoms with Crippen LogP contribution in [-0.2, 0) is 6.42 Å². The van der Waals surface area contributed by atoms with Crippen LogP contribution in [0.25, 0.3) is 11.3 Å². The highest BCUT2D eigenvalue weighted by molar-refractivity contribution is 6.33. The number of imidazole rings is 1. The van der Waals surface area contributed by atoms with Crippen molar-refractivity contribution in [3.63, 3.8) is 0 Å². The van der Waals surface area contributed by atoms with E-state index in [0.717, 1.165) is 23.5 Å². The van der Waals surface area contributed by atoms with E-state index in [-0.39, 0.29) is 0 Å². The Morgan fingerprint density at radius 1 is 1.33 bits per heavy atom. The molecule has 0 spiro atoms. The number of aromatic nitrogens is 2. The minimum atomic E-state index is 0.295. The van der Waals surface area contributed by atoms with Gasteiger partial charge < -0.3 is 10.3 Å². The van der Waals surface area contributed by atoms with Gasteiger partial charge in [0.2, 0.25) is 0 Å².